The molecule has 1 atom stereocenters. The topological polar surface area (TPSA) is 73.5 Å². The van der Waals surface area contributed by atoms with Gasteiger partial charge in [-0.1, -0.05) is 12.1 Å². The lowest BCUT2D eigenvalue weighted by Crippen LogP contribution is -2.36. The molecule has 1 aliphatic rings. The van der Waals surface area contributed by atoms with Crippen molar-refractivity contribution in [2.75, 3.05) is 25.2 Å². The molecule has 0 radical (unpaired) electrons. The molecular weight excluding hydrogens is 424 g/mol. The third-order valence-corrected chi connectivity index (χ3v) is 6.48. The van der Waals surface area contributed by atoms with Crippen LogP contribution in [0.5, 0.6) is 11.8 Å². The highest BCUT2D eigenvalue weighted by molar-refractivity contribution is 7.10. The van der Waals surface area contributed by atoms with Crippen LogP contribution in [-0.4, -0.2) is 35.2 Å². The molecule has 0 bridgehead atoms. The molecule has 8 heteroatoms. The maximum Gasteiger partial charge on any atom is 0.321 e. The van der Waals surface area contributed by atoms with E-state index in [1.807, 2.05) is 43.3 Å². The highest BCUT2D eigenvalue weighted by Crippen LogP contribution is 2.39. The van der Waals surface area contributed by atoms with Crippen LogP contribution < -0.4 is 14.4 Å². The van der Waals surface area contributed by atoms with Crippen LogP contribution in [0.1, 0.15) is 40.6 Å². The number of ether oxygens (including phenoxy) is 2. The minimum atomic E-state index is -0.0780. The van der Waals surface area contributed by atoms with Crippen LogP contribution in [0, 0.1) is 0 Å². The molecule has 0 amide bonds. The van der Waals surface area contributed by atoms with Crippen molar-refractivity contribution in [1.82, 2.24) is 15.0 Å². The molecule has 1 unspecified atom stereocenters. The minimum absolute atomic E-state index is 0.0780. The van der Waals surface area contributed by atoms with Crippen LogP contribution in [0.15, 0.2) is 58.5 Å². The van der Waals surface area contributed by atoms with Gasteiger partial charge in [0.15, 0.2) is 0 Å². The fraction of sp³-hybridized carbons (Fsp3) is 0.292. The predicted molar refractivity (Wildman–Crippen MR) is 123 cm³/mol. The van der Waals surface area contributed by atoms with Gasteiger partial charge in [0.05, 0.1) is 20.0 Å². The van der Waals surface area contributed by atoms with E-state index in [1.54, 1.807) is 24.7 Å². The first kappa shape index (κ1) is 20.5. The Morgan fingerprint density at radius 3 is 2.75 bits per heavy atom. The van der Waals surface area contributed by atoms with Crippen LogP contribution in [0.25, 0.3) is 0 Å². The Labute approximate surface area is 190 Å². The number of methoxy groups -OCH3 is 1. The van der Waals surface area contributed by atoms with E-state index in [1.165, 1.54) is 10.4 Å². The fourth-order valence-electron chi connectivity index (χ4n) is 4.00. The van der Waals surface area contributed by atoms with Crippen molar-refractivity contribution < 1.29 is 13.9 Å². The van der Waals surface area contributed by atoms with Gasteiger partial charge in [-0.15, -0.1) is 11.3 Å². The molecule has 7 nitrogen and oxygen atoms in total. The normalized spacial score (nSPS) is 15.4. The van der Waals surface area contributed by atoms with Crippen LogP contribution in [-0.2, 0) is 12.8 Å². The first-order valence-corrected chi connectivity index (χ1v) is 11.5. The lowest BCUT2D eigenvalue weighted by atomic mass is 9.98. The Balaban J connectivity index is 1.52. The van der Waals surface area contributed by atoms with Crippen LogP contribution in [0.4, 0.5) is 5.95 Å². The minimum Gasteiger partial charge on any atom is -0.497 e. The summed E-state index contributed by atoms with van der Waals surface area (Å²) in [5.41, 5.74) is 2.33. The number of fused-ring (bicyclic) bond motifs is 1. The highest BCUT2D eigenvalue weighted by atomic mass is 32.1. The van der Waals surface area contributed by atoms with Crippen LogP contribution in [0.2, 0.25) is 0 Å². The number of hydrogen-bond acceptors (Lipinski definition) is 8. The van der Waals surface area contributed by atoms with E-state index >= 15 is 0 Å². The fourth-order valence-corrected chi connectivity index (χ4v) is 4.90. The standard InChI is InChI=1S/C24H24N4O3S/c1-3-30-24-26-21(15-16-6-8-17(29-2)9-7-16)25-23(27-24)28-12-10-20-18(11-14-32-20)22(28)19-5-4-13-31-19/h4-9,11,13-14,22H,3,10,12,15H2,1-2H3. The second kappa shape index (κ2) is 9.00. The molecular formula is C24H24N4O3S. The molecule has 4 heterocycles. The summed E-state index contributed by atoms with van der Waals surface area (Å²) in [4.78, 5) is 17.6. The van der Waals surface area contributed by atoms with Crippen molar-refractivity contribution >= 4 is 17.3 Å². The zero-order chi connectivity index (χ0) is 21.9. The SMILES string of the molecule is CCOc1nc(Cc2ccc(OC)cc2)nc(N2CCc3sccc3C2c2ccco2)n1. The molecule has 5 rings (SSSR count). The maximum atomic E-state index is 5.83. The zero-order valence-corrected chi connectivity index (χ0v) is 18.8. The van der Waals surface area contributed by atoms with Crippen molar-refractivity contribution in [3.8, 4) is 11.8 Å². The van der Waals surface area contributed by atoms with E-state index in [0.717, 1.165) is 30.0 Å². The first-order chi connectivity index (χ1) is 15.7. The van der Waals surface area contributed by atoms with E-state index < -0.39 is 0 Å². The van der Waals surface area contributed by atoms with Crippen LogP contribution >= 0.6 is 11.3 Å². The molecule has 1 aliphatic heterocycles. The van der Waals surface area contributed by atoms with E-state index in [-0.39, 0.29) is 6.04 Å². The Bertz CT molecular complexity index is 1170. The lowest BCUT2D eigenvalue weighted by molar-refractivity contribution is 0.309. The van der Waals surface area contributed by atoms with Gasteiger partial charge in [0, 0.05) is 17.8 Å². The number of anilines is 1. The van der Waals surface area contributed by atoms with Gasteiger partial charge in [0.1, 0.15) is 23.4 Å². The Morgan fingerprint density at radius 2 is 2.00 bits per heavy atom. The molecule has 0 spiro atoms. The van der Waals surface area contributed by atoms with E-state index in [4.69, 9.17) is 18.9 Å². The summed E-state index contributed by atoms with van der Waals surface area (Å²) in [5, 5.41) is 2.14. The summed E-state index contributed by atoms with van der Waals surface area (Å²) in [6.07, 6.45) is 3.22. The Kier molecular flexibility index (Phi) is 5.77. The number of aromatic nitrogens is 3. The van der Waals surface area contributed by atoms with Crippen molar-refractivity contribution in [3.63, 3.8) is 0 Å². The van der Waals surface area contributed by atoms with Gasteiger partial charge >= 0.3 is 6.01 Å². The van der Waals surface area contributed by atoms with Crippen molar-refractivity contribution in [3.05, 3.63) is 81.7 Å². The Morgan fingerprint density at radius 1 is 1.12 bits per heavy atom. The van der Waals surface area contributed by atoms with Gasteiger partial charge in [-0.05, 0) is 60.2 Å². The second-order valence-corrected chi connectivity index (χ2v) is 8.45. The third-order valence-electron chi connectivity index (χ3n) is 5.48. The number of thiophene rings is 1. The monoisotopic (exact) mass is 448 g/mol. The second-order valence-electron chi connectivity index (χ2n) is 7.45. The highest BCUT2D eigenvalue weighted by Gasteiger charge is 2.33. The summed E-state index contributed by atoms with van der Waals surface area (Å²) in [6.45, 7) is 3.20. The van der Waals surface area contributed by atoms with Gasteiger partial charge in [-0.2, -0.15) is 15.0 Å². The summed E-state index contributed by atoms with van der Waals surface area (Å²) < 4.78 is 16.8. The summed E-state index contributed by atoms with van der Waals surface area (Å²) in [5.74, 6) is 2.96. The summed E-state index contributed by atoms with van der Waals surface area (Å²) in [6, 6.07) is 14.3. The lowest BCUT2D eigenvalue weighted by Gasteiger charge is -2.34. The first-order valence-electron chi connectivity index (χ1n) is 10.6. The molecule has 0 N–H and O–H groups in total. The van der Waals surface area contributed by atoms with E-state index in [0.29, 0.717) is 30.8 Å². The molecule has 0 fully saturated rings. The van der Waals surface area contributed by atoms with Crippen molar-refractivity contribution in [2.24, 2.45) is 0 Å². The molecule has 32 heavy (non-hydrogen) atoms. The third kappa shape index (κ3) is 4.05. The number of hydrogen-bond donors (Lipinski definition) is 0. The van der Waals surface area contributed by atoms with Crippen LogP contribution in [0.3, 0.4) is 0 Å². The summed E-state index contributed by atoms with van der Waals surface area (Å²) in [7, 11) is 1.66. The zero-order valence-electron chi connectivity index (χ0n) is 18.0. The maximum absolute atomic E-state index is 5.83. The Hall–Kier alpha value is -3.39. The van der Waals surface area contributed by atoms with Gasteiger partial charge in [0.25, 0.3) is 0 Å². The molecule has 0 saturated carbocycles. The van der Waals surface area contributed by atoms with Gasteiger partial charge < -0.3 is 18.8 Å². The van der Waals surface area contributed by atoms with E-state index in [2.05, 4.69) is 26.3 Å². The average molecular weight is 449 g/mol. The number of benzene rings is 1. The average Bonchev–Trinajstić information content (AvgIpc) is 3.51. The number of furan rings is 1. The van der Waals surface area contributed by atoms with E-state index in [9.17, 15) is 0 Å². The summed E-state index contributed by atoms with van der Waals surface area (Å²) >= 11 is 1.79. The smallest absolute Gasteiger partial charge is 0.321 e. The molecule has 4 aromatic rings. The quantitative estimate of drug-likeness (QED) is 0.406. The molecule has 1 aromatic carbocycles. The van der Waals surface area contributed by atoms with Crippen molar-refractivity contribution in [1.29, 1.82) is 0 Å². The molecule has 3 aromatic heterocycles. The molecule has 0 saturated heterocycles. The van der Waals surface area contributed by atoms with Gasteiger partial charge in [-0.3, -0.25) is 0 Å². The number of nitrogens with zero attached hydrogens (tertiary/aromatic N) is 4. The van der Waals surface area contributed by atoms with Gasteiger partial charge in [0.2, 0.25) is 5.95 Å². The number of rotatable bonds is 7. The largest absolute Gasteiger partial charge is 0.497 e. The molecule has 0 aliphatic carbocycles. The molecule has 164 valence electrons. The van der Waals surface area contributed by atoms with Crippen molar-refractivity contribution in [2.45, 2.75) is 25.8 Å². The predicted octanol–water partition coefficient (Wildman–Crippen LogP) is 4.68. The van der Waals surface area contributed by atoms with Gasteiger partial charge in [-0.25, -0.2) is 0 Å².